The van der Waals surface area contributed by atoms with Gasteiger partial charge in [-0.1, -0.05) is 42.5 Å². The zero-order valence-corrected chi connectivity index (χ0v) is 17.6. The van der Waals surface area contributed by atoms with Crippen molar-refractivity contribution in [3.63, 3.8) is 0 Å². The monoisotopic (exact) mass is 409 g/mol. The second-order valence-electron chi connectivity index (χ2n) is 7.58. The molecule has 152 valence electrons. The van der Waals surface area contributed by atoms with Crippen molar-refractivity contribution < 1.29 is 9.59 Å². The third-order valence-corrected chi connectivity index (χ3v) is 7.03. The van der Waals surface area contributed by atoms with Gasteiger partial charge in [0.15, 0.2) is 0 Å². The first-order valence-electron chi connectivity index (χ1n) is 10.2. The molecular weight excluding hydrogens is 382 g/mol. The Morgan fingerprint density at radius 1 is 1.00 bits per heavy atom. The van der Waals surface area contributed by atoms with Crippen LogP contribution in [0.25, 0.3) is 0 Å². The Hall–Kier alpha value is -2.47. The first kappa shape index (κ1) is 19.8. The second-order valence-corrected chi connectivity index (χ2v) is 8.89. The van der Waals surface area contributed by atoms with Gasteiger partial charge >= 0.3 is 6.03 Å². The molecule has 0 aliphatic carbocycles. The SMILES string of the molecule is Cc1ccccc1C1CCN(C(=O)CN2CCN(c3ccccc3)C2=O)CCS1. The quantitative estimate of drug-likeness (QED) is 0.768. The maximum absolute atomic E-state index is 12.9. The average molecular weight is 410 g/mol. The number of benzene rings is 2. The zero-order chi connectivity index (χ0) is 20.2. The molecule has 2 aromatic rings. The molecule has 0 bridgehead atoms. The highest BCUT2D eigenvalue weighted by atomic mass is 32.2. The van der Waals surface area contributed by atoms with Crippen LogP contribution in [0.4, 0.5) is 10.5 Å². The van der Waals surface area contributed by atoms with E-state index >= 15 is 0 Å². The van der Waals surface area contributed by atoms with E-state index in [9.17, 15) is 9.59 Å². The highest BCUT2D eigenvalue weighted by molar-refractivity contribution is 7.99. The molecule has 4 rings (SSSR count). The summed E-state index contributed by atoms with van der Waals surface area (Å²) in [6.45, 7) is 5.03. The molecule has 29 heavy (non-hydrogen) atoms. The fraction of sp³-hybridized carbons (Fsp3) is 0.391. The zero-order valence-electron chi connectivity index (χ0n) is 16.8. The summed E-state index contributed by atoms with van der Waals surface area (Å²) < 4.78 is 0. The Labute approximate surface area is 176 Å². The van der Waals surface area contributed by atoms with E-state index in [4.69, 9.17) is 0 Å². The van der Waals surface area contributed by atoms with Crippen molar-refractivity contribution in [1.29, 1.82) is 0 Å². The molecule has 2 heterocycles. The van der Waals surface area contributed by atoms with Gasteiger partial charge < -0.3 is 9.80 Å². The maximum Gasteiger partial charge on any atom is 0.325 e. The number of para-hydroxylation sites is 1. The topological polar surface area (TPSA) is 43.9 Å². The highest BCUT2D eigenvalue weighted by Gasteiger charge is 2.32. The van der Waals surface area contributed by atoms with Crippen molar-refractivity contribution >= 4 is 29.4 Å². The highest BCUT2D eigenvalue weighted by Crippen LogP contribution is 2.36. The van der Waals surface area contributed by atoms with E-state index in [1.165, 1.54) is 11.1 Å². The van der Waals surface area contributed by atoms with Gasteiger partial charge in [0.1, 0.15) is 6.54 Å². The van der Waals surface area contributed by atoms with Gasteiger partial charge in [-0.2, -0.15) is 11.8 Å². The van der Waals surface area contributed by atoms with E-state index in [1.54, 1.807) is 9.80 Å². The van der Waals surface area contributed by atoms with Crippen LogP contribution in [0.15, 0.2) is 54.6 Å². The summed E-state index contributed by atoms with van der Waals surface area (Å²) in [4.78, 5) is 31.0. The van der Waals surface area contributed by atoms with E-state index in [0.717, 1.165) is 31.0 Å². The summed E-state index contributed by atoms with van der Waals surface area (Å²) in [7, 11) is 0. The Morgan fingerprint density at radius 2 is 1.76 bits per heavy atom. The van der Waals surface area contributed by atoms with Crippen LogP contribution in [-0.2, 0) is 4.79 Å². The lowest BCUT2D eigenvalue weighted by Gasteiger charge is -2.24. The van der Waals surface area contributed by atoms with Crippen LogP contribution in [0.3, 0.4) is 0 Å². The number of anilines is 1. The van der Waals surface area contributed by atoms with Crippen LogP contribution in [0.1, 0.15) is 22.8 Å². The summed E-state index contributed by atoms with van der Waals surface area (Å²) in [5.74, 6) is 0.980. The molecule has 6 heteroatoms. The minimum Gasteiger partial charge on any atom is -0.340 e. The second kappa shape index (κ2) is 8.91. The molecular formula is C23H27N3O2S. The predicted octanol–water partition coefficient (Wildman–Crippen LogP) is 3.94. The van der Waals surface area contributed by atoms with Crippen LogP contribution >= 0.6 is 11.8 Å². The van der Waals surface area contributed by atoms with Gasteiger partial charge in [-0.25, -0.2) is 4.79 Å². The molecule has 2 saturated heterocycles. The van der Waals surface area contributed by atoms with Gasteiger partial charge in [0.05, 0.1) is 0 Å². The molecule has 1 atom stereocenters. The molecule has 2 aliphatic rings. The molecule has 0 radical (unpaired) electrons. The minimum atomic E-state index is -0.0773. The standard InChI is InChI=1S/C23H27N3O2S/c1-18-7-5-6-10-20(18)21-11-12-24(15-16-29-21)22(27)17-25-13-14-26(23(25)28)19-8-3-2-4-9-19/h2-10,21H,11-17H2,1H3. The van der Waals surface area contributed by atoms with Crippen molar-refractivity contribution in [2.75, 3.05) is 43.4 Å². The number of amides is 3. The number of hydrogen-bond donors (Lipinski definition) is 0. The van der Waals surface area contributed by atoms with Gasteiger partial charge in [0.25, 0.3) is 0 Å². The number of rotatable bonds is 4. The fourth-order valence-corrected chi connectivity index (χ4v) is 5.38. The minimum absolute atomic E-state index is 0.0549. The van der Waals surface area contributed by atoms with Crippen molar-refractivity contribution in [3.05, 3.63) is 65.7 Å². The van der Waals surface area contributed by atoms with Crippen molar-refractivity contribution in [1.82, 2.24) is 9.80 Å². The van der Waals surface area contributed by atoms with Crippen LogP contribution in [-0.4, -0.2) is 60.2 Å². The molecule has 0 N–H and O–H groups in total. The average Bonchev–Trinajstić information content (AvgIpc) is 2.94. The van der Waals surface area contributed by atoms with Gasteiger partial charge in [0, 0.05) is 42.9 Å². The van der Waals surface area contributed by atoms with Crippen LogP contribution in [0.2, 0.25) is 0 Å². The summed E-state index contributed by atoms with van der Waals surface area (Å²) >= 11 is 1.93. The summed E-state index contributed by atoms with van der Waals surface area (Å²) in [6, 6.07) is 18.1. The van der Waals surface area contributed by atoms with Gasteiger partial charge in [0.2, 0.25) is 5.91 Å². The number of carbonyl (C=O) groups excluding carboxylic acids is 2. The maximum atomic E-state index is 12.9. The van der Waals surface area contributed by atoms with Crippen LogP contribution < -0.4 is 4.90 Å². The molecule has 2 aromatic carbocycles. The molecule has 1 unspecified atom stereocenters. The van der Waals surface area contributed by atoms with Crippen LogP contribution in [0, 0.1) is 6.92 Å². The number of urea groups is 1. The molecule has 5 nitrogen and oxygen atoms in total. The molecule has 0 saturated carbocycles. The third-order valence-electron chi connectivity index (χ3n) is 5.72. The van der Waals surface area contributed by atoms with Crippen molar-refractivity contribution in [3.8, 4) is 0 Å². The number of hydrogen-bond acceptors (Lipinski definition) is 3. The Bertz CT molecular complexity index is 873. The number of aryl methyl sites for hydroxylation is 1. The normalized spacial score (nSPS) is 20.1. The van der Waals surface area contributed by atoms with Gasteiger partial charge in [-0.15, -0.1) is 0 Å². The molecule has 3 amide bonds. The Balaban J connectivity index is 1.35. The lowest BCUT2D eigenvalue weighted by molar-refractivity contribution is -0.131. The van der Waals surface area contributed by atoms with E-state index in [1.807, 2.05) is 47.0 Å². The molecule has 2 aliphatic heterocycles. The smallest absolute Gasteiger partial charge is 0.325 e. The molecule has 2 fully saturated rings. The lowest BCUT2D eigenvalue weighted by Crippen LogP contribution is -2.43. The van der Waals surface area contributed by atoms with Crippen molar-refractivity contribution in [2.45, 2.75) is 18.6 Å². The summed E-state index contributed by atoms with van der Waals surface area (Å²) in [5, 5.41) is 0.427. The first-order valence-corrected chi connectivity index (χ1v) is 11.2. The Kier molecular flexibility index (Phi) is 6.09. The first-order chi connectivity index (χ1) is 14.1. The third kappa shape index (κ3) is 4.42. The number of carbonyl (C=O) groups is 2. The lowest BCUT2D eigenvalue weighted by atomic mass is 10.0. The predicted molar refractivity (Wildman–Crippen MR) is 118 cm³/mol. The van der Waals surface area contributed by atoms with E-state index < -0.39 is 0 Å². The van der Waals surface area contributed by atoms with Gasteiger partial charge in [-0.3, -0.25) is 9.69 Å². The number of nitrogens with zero attached hydrogens (tertiary/aromatic N) is 3. The van der Waals surface area contributed by atoms with Crippen LogP contribution in [0.5, 0.6) is 0 Å². The van der Waals surface area contributed by atoms with E-state index in [0.29, 0.717) is 18.3 Å². The molecule has 0 aromatic heterocycles. The fourth-order valence-electron chi connectivity index (χ4n) is 4.06. The van der Waals surface area contributed by atoms with Gasteiger partial charge in [-0.05, 0) is 36.6 Å². The Morgan fingerprint density at radius 3 is 2.55 bits per heavy atom. The number of thioether (sulfide) groups is 1. The molecule has 0 spiro atoms. The summed E-state index contributed by atoms with van der Waals surface area (Å²) in [6.07, 6.45) is 0.950. The van der Waals surface area contributed by atoms with E-state index in [-0.39, 0.29) is 18.5 Å². The largest absolute Gasteiger partial charge is 0.340 e. The summed E-state index contributed by atoms with van der Waals surface area (Å²) in [5.41, 5.74) is 3.58. The van der Waals surface area contributed by atoms with E-state index in [2.05, 4.69) is 31.2 Å². The van der Waals surface area contributed by atoms with Crippen molar-refractivity contribution in [2.24, 2.45) is 0 Å².